The Morgan fingerprint density at radius 2 is 2.10 bits per heavy atom. The quantitative estimate of drug-likeness (QED) is 0.859. The van der Waals surface area contributed by atoms with E-state index >= 15 is 0 Å². The van der Waals surface area contributed by atoms with Gasteiger partial charge in [0.2, 0.25) is 5.88 Å². The van der Waals surface area contributed by atoms with Crippen LogP contribution < -0.4 is 10.1 Å². The second-order valence-electron chi connectivity index (χ2n) is 4.42. The first kappa shape index (κ1) is 14.3. The molecule has 104 valence electrons. The highest BCUT2D eigenvalue weighted by Gasteiger charge is 2.03. The van der Waals surface area contributed by atoms with Crippen LogP contribution in [-0.2, 0) is 6.54 Å². The highest BCUT2D eigenvalue weighted by atomic mass is 16.5. The summed E-state index contributed by atoms with van der Waals surface area (Å²) in [6.07, 6.45) is 5.80. The van der Waals surface area contributed by atoms with Crippen molar-refractivity contribution in [1.82, 2.24) is 10.3 Å². The van der Waals surface area contributed by atoms with Crippen LogP contribution in [0.3, 0.4) is 0 Å². The zero-order valence-electron chi connectivity index (χ0n) is 12.0. The summed E-state index contributed by atoms with van der Waals surface area (Å²) >= 11 is 0. The van der Waals surface area contributed by atoms with Gasteiger partial charge in [-0.15, -0.1) is 0 Å². The Kier molecular flexibility index (Phi) is 5.33. The second-order valence-corrected chi connectivity index (χ2v) is 4.42. The van der Waals surface area contributed by atoms with Crippen LogP contribution in [0, 0.1) is 0 Å². The van der Waals surface area contributed by atoms with Crippen molar-refractivity contribution in [2.24, 2.45) is 0 Å². The van der Waals surface area contributed by atoms with Gasteiger partial charge in [0.05, 0.1) is 0 Å². The van der Waals surface area contributed by atoms with Crippen LogP contribution in [0.25, 0.3) is 6.08 Å². The van der Waals surface area contributed by atoms with Crippen LogP contribution in [0.15, 0.2) is 48.7 Å². The van der Waals surface area contributed by atoms with E-state index in [1.807, 2.05) is 55.5 Å². The molecule has 20 heavy (non-hydrogen) atoms. The average molecular weight is 268 g/mol. The van der Waals surface area contributed by atoms with Gasteiger partial charge in [0.15, 0.2) is 0 Å². The topological polar surface area (TPSA) is 34.1 Å². The molecule has 3 heteroatoms. The highest BCUT2D eigenvalue weighted by Crippen LogP contribution is 2.25. The molecule has 0 bridgehead atoms. The molecule has 0 aliphatic heterocycles. The average Bonchev–Trinajstić information content (AvgIpc) is 2.48. The van der Waals surface area contributed by atoms with Gasteiger partial charge in [-0.25, -0.2) is 4.98 Å². The number of pyridine rings is 1. The Bertz CT molecular complexity index is 579. The van der Waals surface area contributed by atoms with Gasteiger partial charge >= 0.3 is 0 Å². The number of hydrogen-bond donors (Lipinski definition) is 1. The molecule has 0 saturated heterocycles. The van der Waals surface area contributed by atoms with Crippen LogP contribution in [-0.4, -0.2) is 11.5 Å². The van der Waals surface area contributed by atoms with E-state index < -0.39 is 0 Å². The number of ether oxygens (including phenoxy) is 1. The normalized spacial score (nSPS) is 10.9. The molecular weight excluding hydrogens is 248 g/mol. The van der Waals surface area contributed by atoms with Crippen molar-refractivity contribution in [3.63, 3.8) is 0 Å². The first-order valence-corrected chi connectivity index (χ1v) is 6.88. The Morgan fingerprint density at radius 3 is 2.90 bits per heavy atom. The van der Waals surface area contributed by atoms with Crippen molar-refractivity contribution in [2.45, 2.75) is 20.4 Å². The highest BCUT2D eigenvalue weighted by molar-refractivity contribution is 5.57. The first-order chi connectivity index (χ1) is 9.83. The largest absolute Gasteiger partial charge is 0.438 e. The number of nitrogens with one attached hydrogen (secondary N) is 1. The van der Waals surface area contributed by atoms with Crippen molar-refractivity contribution >= 4 is 6.08 Å². The molecule has 1 N–H and O–H groups in total. The molecule has 3 nitrogen and oxygen atoms in total. The van der Waals surface area contributed by atoms with Gasteiger partial charge in [-0.3, -0.25) is 0 Å². The van der Waals surface area contributed by atoms with Crippen LogP contribution >= 0.6 is 0 Å². The van der Waals surface area contributed by atoms with E-state index in [1.165, 1.54) is 5.56 Å². The minimum absolute atomic E-state index is 0.623. The van der Waals surface area contributed by atoms with E-state index in [2.05, 4.69) is 17.2 Å². The number of para-hydroxylation sites is 1. The smallest absolute Gasteiger partial charge is 0.219 e. The van der Waals surface area contributed by atoms with E-state index in [0.29, 0.717) is 5.88 Å². The zero-order valence-corrected chi connectivity index (χ0v) is 12.0. The molecule has 1 heterocycles. The van der Waals surface area contributed by atoms with Crippen molar-refractivity contribution in [3.05, 3.63) is 59.8 Å². The maximum absolute atomic E-state index is 5.89. The first-order valence-electron chi connectivity index (χ1n) is 6.88. The van der Waals surface area contributed by atoms with Crippen molar-refractivity contribution in [3.8, 4) is 11.6 Å². The third kappa shape index (κ3) is 3.93. The predicted octanol–water partition coefficient (Wildman–Crippen LogP) is 4.02. The fourth-order valence-corrected chi connectivity index (χ4v) is 1.89. The van der Waals surface area contributed by atoms with E-state index in [9.17, 15) is 0 Å². The van der Waals surface area contributed by atoms with Crippen LogP contribution in [0.4, 0.5) is 0 Å². The molecule has 2 aromatic rings. The summed E-state index contributed by atoms with van der Waals surface area (Å²) in [7, 11) is 0. The number of allylic oxidation sites excluding steroid dienone is 1. The lowest BCUT2D eigenvalue weighted by atomic mass is 10.2. The lowest BCUT2D eigenvalue weighted by Crippen LogP contribution is -2.11. The number of hydrogen-bond acceptors (Lipinski definition) is 3. The molecule has 1 aromatic heterocycles. The van der Waals surface area contributed by atoms with Gasteiger partial charge in [-0.1, -0.05) is 37.3 Å². The van der Waals surface area contributed by atoms with Gasteiger partial charge in [0.25, 0.3) is 0 Å². The third-order valence-electron chi connectivity index (χ3n) is 2.86. The molecule has 1 aromatic carbocycles. The molecule has 0 aliphatic rings. The fraction of sp³-hybridized carbons (Fsp3) is 0.235. The van der Waals surface area contributed by atoms with E-state index in [1.54, 1.807) is 6.20 Å². The minimum atomic E-state index is 0.623. The Hall–Kier alpha value is -2.13. The monoisotopic (exact) mass is 268 g/mol. The van der Waals surface area contributed by atoms with E-state index in [0.717, 1.165) is 24.4 Å². The molecule has 0 fully saturated rings. The lowest BCUT2D eigenvalue weighted by Gasteiger charge is -2.09. The van der Waals surface area contributed by atoms with Gasteiger partial charge in [-0.2, -0.15) is 0 Å². The SMILES string of the molecule is CC=Cc1ccccc1Oc1cc(CNCC)ccn1. The summed E-state index contributed by atoms with van der Waals surface area (Å²) in [6, 6.07) is 11.9. The lowest BCUT2D eigenvalue weighted by molar-refractivity contribution is 0.460. The van der Waals surface area contributed by atoms with Crippen molar-refractivity contribution < 1.29 is 4.74 Å². The van der Waals surface area contributed by atoms with E-state index in [-0.39, 0.29) is 0 Å². The van der Waals surface area contributed by atoms with Crippen molar-refractivity contribution in [1.29, 1.82) is 0 Å². The van der Waals surface area contributed by atoms with E-state index in [4.69, 9.17) is 4.74 Å². The molecular formula is C17H20N2O. The Labute approximate surface area is 120 Å². The summed E-state index contributed by atoms with van der Waals surface area (Å²) in [5.41, 5.74) is 2.22. The Balaban J connectivity index is 2.17. The van der Waals surface area contributed by atoms with Crippen molar-refractivity contribution in [2.75, 3.05) is 6.54 Å². The minimum Gasteiger partial charge on any atom is -0.438 e. The Morgan fingerprint density at radius 1 is 1.25 bits per heavy atom. The standard InChI is InChI=1S/C17H20N2O/c1-3-7-15-8-5-6-9-16(15)20-17-12-14(10-11-19-17)13-18-4-2/h3,5-12,18H,4,13H2,1-2H3. The molecule has 0 saturated carbocycles. The molecule has 0 spiro atoms. The molecule has 0 amide bonds. The summed E-state index contributed by atoms with van der Waals surface area (Å²) in [6.45, 7) is 5.85. The summed E-state index contributed by atoms with van der Waals surface area (Å²) in [4.78, 5) is 4.27. The zero-order chi connectivity index (χ0) is 14.2. The maximum atomic E-state index is 5.89. The molecule has 0 atom stereocenters. The fourth-order valence-electron chi connectivity index (χ4n) is 1.89. The second kappa shape index (κ2) is 7.46. The van der Waals surface area contributed by atoms with Gasteiger partial charge in [0.1, 0.15) is 5.75 Å². The number of aromatic nitrogens is 1. The maximum Gasteiger partial charge on any atom is 0.219 e. The van der Waals surface area contributed by atoms with Gasteiger partial charge in [0, 0.05) is 24.4 Å². The molecule has 0 aliphatic carbocycles. The molecule has 2 rings (SSSR count). The molecule has 0 unspecified atom stereocenters. The summed E-state index contributed by atoms with van der Waals surface area (Å²) < 4.78 is 5.89. The number of nitrogens with zero attached hydrogens (tertiary/aromatic N) is 1. The summed E-state index contributed by atoms with van der Waals surface area (Å²) in [5, 5.41) is 3.29. The van der Waals surface area contributed by atoms with Crippen LogP contribution in [0.1, 0.15) is 25.0 Å². The number of rotatable bonds is 6. The van der Waals surface area contributed by atoms with Gasteiger partial charge in [-0.05, 0) is 31.2 Å². The third-order valence-corrected chi connectivity index (χ3v) is 2.86. The summed E-state index contributed by atoms with van der Waals surface area (Å²) in [5.74, 6) is 1.44. The predicted molar refractivity (Wildman–Crippen MR) is 82.8 cm³/mol. The van der Waals surface area contributed by atoms with Crippen LogP contribution in [0.5, 0.6) is 11.6 Å². The number of benzene rings is 1. The van der Waals surface area contributed by atoms with Crippen LogP contribution in [0.2, 0.25) is 0 Å². The van der Waals surface area contributed by atoms with Gasteiger partial charge < -0.3 is 10.1 Å². The molecule has 0 radical (unpaired) electrons.